The Hall–Kier alpha value is -2.88. The molecule has 106 valence electrons. The first kappa shape index (κ1) is 13.1. The molecule has 0 bridgehead atoms. The average molecular weight is 279 g/mol. The second-order valence-corrected chi connectivity index (χ2v) is 4.63. The Labute approximate surface area is 124 Å². The number of hydrogen-bond acceptors (Lipinski definition) is 3. The number of methoxy groups -OCH3 is 1. The van der Waals surface area contributed by atoms with Gasteiger partial charge in [0, 0.05) is 23.8 Å². The van der Waals surface area contributed by atoms with Gasteiger partial charge in [-0.3, -0.25) is 10.1 Å². The summed E-state index contributed by atoms with van der Waals surface area (Å²) in [6.07, 6.45) is 3.92. The summed E-state index contributed by atoms with van der Waals surface area (Å²) in [6.45, 7) is 0. The Morgan fingerprint density at radius 3 is 1.86 bits per heavy atom. The molecule has 0 fully saturated rings. The van der Waals surface area contributed by atoms with E-state index in [1.54, 1.807) is 7.11 Å². The van der Waals surface area contributed by atoms with Crippen LogP contribution in [0.15, 0.2) is 73.1 Å². The van der Waals surface area contributed by atoms with Crippen LogP contribution in [0.5, 0.6) is 5.75 Å². The lowest BCUT2D eigenvalue weighted by molar-refractivity contribution is 0.415. The molecule has 1 heterocycles. The molecule has 3 rings (SSSR count). The van der Waals surface area contributed by atoms with Crippen LogP contribution in [-0.4, -0.2) is 11.8 Å². The van der Waals surface area contributed by atoms with Crippen molar-refractivity contribution in [2.75, 3.05) is 17.9 Å². The number of nitrogens with one attached hydrogen (secondary N) is 2. The van der Waals surface area contributed by atoms with Gasteiger partial charge in [-0.1, -0.05) is 0 Å². The maximum atomic E-state index is 5.15. The fourth-order valence-electron chi connectivity index (χ4n) is 2.03. The predicted octanol–water partition coefficient (Wildman–Crippen LogP) is 4.12. The van der Waals surface area contributed by atoms with Gasteiger partial charge in [-0.15, -0.1) is 0 Å². The summed E-state index contributed by atoms with van der Waals surface area (Å²) in [5.41, 5.74) is 6.37. The molecule has 0 atom stereocenters. The molecule has 0 saturated carbocycles. The van der Waals surface area contributed by atoms with Gasteiger partial charge < -0.3 is 10.1 Å². The van der Waals surface area contributed by atoms with E-state index in [9.17, 15) is 0 Å². The molecule has 21 heavy (non-hydrogen) atoms. The van der Waals surface area contributed by atoms with Gasteiger partial charge in [0.2, 0.25) is 0 Å². The summed E-state index contributed by atoms with van der Waals surface area (Å²) in [5.74, 6) is 0.854. The molecule has 0 aliphatic carbocycles. The third-order valence-corrected chi connectivity index (χ3v) is 3.13. The van der Waals surface area contributed by atoms with Crippen molar-refractivity contribution >= 4 is 17.1 Å². The minimum absolute atomic E-state index is 0.854. The summed E-state index contributed by atoms with van der Waals surface area (Å²) in [4.78, 5) is 0. The van der Waals surface area contributed by atoms with Crippen molar-refractivity contribution in [2.24, 2.45) is 0 Å². The zero-order valence-electron chi connectivity index (χ0n) is 11.8. The molecule has 0 aliphatic rings. The van der Waals surface area contributed by atoms with Gasteiger partial charge in [0.05, 0.1) is 12.8 Å². The molecule has 2 N–H and O–H groups in total. The van der Waals surface area contributed by atoms with Crippen LogP contribution in [0, 0.1) is 0 Å². The third kappa shape index (κ3) is 3.36. The van der Waals surface area contributed by atoms with Crippen LogP contribution < -0.4 is 15.5 Å². The lowest BCUT2D eigenvalue weighted by atomic mass is 10.2. The zero-order valence-corrected chi connectivity index (χ0v) is 11.8. The maximum Gasteiger partial charge on any atom is 0.119 e. The molecular formula is C17H17N3O. The molecule has 1 aromatic heterocycles. The highest BCUT2D eigenvalue weighted by molar-refractivity contribution is 5.62. The van der Waals surface area contributed by atoms with E-state index in [1.807, 2.05) is 77.7 Å². The second kappa shape index (κ2) is 6.05. The number of hydrogen-bond donors (Lipinski definition) is 2. The Bertz CT molecular complexity index is 673. The summed E-state index contributed by atoms with van der Waals surface area (Å²) in [7, 11) is 1.67. The monoisotopic (exact) mass is 279 g/mol. The highest BCUT2D eigenvalue weighted by Crippen LogP contribution is 2.21. The highest BCUT2D eigenvalue weighted by atomic mass is 16.5. The van der Waals surface area contributed by atoms with Gasteiger partial charge in [-0.05, 0) is 60.7 Å². The van der Waals surface area contributed by atoms with Crippen LogP contribution >= 0.6 is 0 Å². The lowest BCUT2D eigenvalue weighted by Crippen LogP contribution is -2.05. The van der Waals surface area contributed by atoms with Crippen LogP contribution in [0.3, 0.4) is 0 Å². The van der Waals surface area contributed by atoms with Gasteiger partial charge in [-0.25, -0.2) is 0 Å². The van der Waals surface area contributed by atoms with Crippen molar-refractivity contribution in [2.45, 2.75) is 0 Å². The van der Waals surface area contributed by atoms with Crippen molar-refractivity contribution in [1.82, 2.24) is 4.68 Å². The topological polar surface area (TPSA) is 38.2 Å². The van der Waals surface area contributed by atoms with Crippen molar-refractivity contribution in [3.8, 4) is 5.75 Å². The molecule has 0 aliphatic heterocycles. The second-order valence-electron chi connectivity index (χ2n) is 4.63. The van der Waals surface area contributed by atoms with E-state index in [4.69, 9.17) is 4.74 Å². The van der Waals surface area contributed by atoms with E-state index in [0.717, 1.165) is 22.8 Å². The minimum Gasteiger partial charge on any atom is -0.497 e. The molecular weight excluding hydrogens is 262 g/mol. The van der Waals surface area contributed by atoms with Crippen molar-refractivity contribution in [3.63, 3.8) is 0 Å². The van der Waals surface area contributed by atoms with Crippen molar-refractivity contribution in [1.29, 1.82) is 0 Å². The molecule has 0 amide bonds. The number of rotatable bonds is 5. The standard InChI is InChI=1S/C17H17N3O/c1-21-17-10-8-15(9-11-17)18-14-4-6-16(7-5-14)19-20-12-2-3-13-20/h2-13,18-19H,1H3. The Kier molecular flexibility index (Phi) is 3.78. The zero-order chi connectivity index (χ0) is 14.5. The molecule has 3 aromatic rings. The van der Waals surface area contributed by atoms with E-state index in [2.05, 4.69) is 10.7 Å². The van der Waals surface area contributed by atoms with Gasteiger partial charge in [0.15, 0.2) is 0 Å². The first-order valence-corrected chi connectivity index (χ1v) is 6.75. The highest BCUT2D eigenvalue weighted by Gasteiger charge is 1.97. The maximum absolute atomic E-state index is 5.15. The van der Waals surface area contributed by atoms with Crippen LogP contribution in [0.4, 0.5) is 17.1 Å². The first-order chi connectivity index (χ1) is 10.3. The summed E-state index contributed by atoms with van der Waals surface area (Å²) < 4.78 is 7.06. The first-order valence-electron chi connectivity index (χ1n) is 6.75. The van der Waals surface area contributed by atoms with Gasteiger partial charge in [0.25, 0.3) is 0 Å². The van der Waals surface area contributed by atoms with Crippen LogP contribution in [0.2, 0.25) is 0 Å². The molecule has 4 heteroatoms. The Balaban J connectivity index is 1.66. The van der Waals surface area contributed by atoms with E-state index in [1.165, 1.54) is 0 Å². The summed E-state index contributed by atoms with van der Waals surface area (Å²) >= 11 is 0. The lowest BCUT2D eigenvalue weighted by Gasteiger charge is -2.10. The van der Waals surface area contributed by atoms with Crippen LogP contribution in [0.25, 0.3) is 0 Å². The Morgan fingerprint density at radius 1 is 0.762 bits per heavy atom. The molecule has 4 nitrogen and oxygen atoms in total. The molecule has 0 spiro atoms. The van der Waals surface area contributed by atoms with E-state index in [-0.39, 0.29) is 0 Å². The molecule has 0 radical (unpaired) electrons. The Morgan fingerprint density at radius 2 is 1.29 bits per heavy atom. The largest absolute Gasteiger partial charge is 0.497 e. The van der Waals surface area contributed by atoms with Gasteiger partial charge >= 0.3 is 0 Å². The van der Waals surface area contributed by atoms with Crippen molar-refractivity contribution < 1.29 is 4.74 Å². The third-order valence-electron chi connectivity index (χ3n) is 3.13. The smallest absolute Gasteiger partial charge is 0.119 e. The molecule has 0 unspecified atom stereocenters. The number of anilines is 3. The van der Waals surface area contributed by atoms with Gasteiger partial charge in [0.1, 0.15) is 5.75 Å². The average Bonchev–Trinajstić information content (AvgIpc) is 3.03. The fourth-order valence-corrected chi connectivity index (χ4v) is 2.03. The number of ether oxygens (including phenoxy) is 1. The molecule has 0 saturated heterocycles. The minimum atomic E-state index is 0.854. The van der Waals surface area contributed by atoms with E-state index in [0.29, 0.717) is 0 Å². The quantitative estimate of drug-likeness (QED) is 0.738. The summed E-state index contributed by atoms with van der Waals surface area (Å²) in [6, 6.07) is 20.0. The number of nitrogens with zero attached hydrogens (tertiary/aromatic N) is 1. The SMILES string of the molecule is COc1ccc(Nc2ccc(Nn3cccc3)cc2)cc1. The predicted molar refractivity (Wildman–Crippen MR) is 86.2 cm³/mol. The van der Waals surface area contributed by atoms with Crippen LogP contribution in [-0.2, 0) is 0 Å². The van der Waals surface area contributed by atoms with Crippen LogP contribution in [0.1, 0.15) is 0 Å². The normalized spacial score (nSPS) is 10.1. The van der Waals surface area contributed by atoms with Gasteiger partial charge in [-0.2, -0.15) is 0 Å². The van der Waals surface area contributed by atoms with Crippen molar-refractivity contribution in [3.05, 3.63) is 73.1 Å². The number of aromatic nitrogens is 1. The molecule has 2 aromatic carbocycles. The fraction of sp³-hybridized carbons (Fsp3) is 0.0588. The number of benzene rings is 2. The summed E-state index contributed by atoms with van der Waals surface area (Å²) in [5, 5.41) is 3.35. The van der Waals surface area contributed by atoms with E-state index >= 15 is 0 Å². The van der Waals surface area contributed by atoms with E-state index < -0.39 is 0 Å².